The minimum Gasteiger partial charge on any atom is -0.336 e. The Morgan fingerprint density at radius 1 is 0.972 bits per heavy atom. The molecule has 1 aliphatic heterocycles. The van der Waals surface area contributed by atoms with Crippen molar-refractivity contribution in [3.63, 3.8) is 0 Å². The summed E-state index contributed by atoms with van der Waals surface area (Å²) in [7, 11) is 0. The van der Waals surface area contributed by atoms with E-state index in [9.17, 15) is 14.0 Å². The number of hydrogen-bond donors (Lipinski definition) is 0. The van der Waals surface area contributed by atoms with Gasteiger partial charge in [-0.2, -0.15) is 0 Å². The number of rotatable bonds is 4. The van der Waals surface area contributed by atoms with Gasteiger partial charge in [0.25, 0.3) is 11.5 Å². The predicted molar refractivity (Wildman–Crippen MR) is 138 cm³/mol. The zero-order valence-corrected chi connectivity index (χ0v) is 20.1. The molecule has 0 unspecified atom stereocenters. The van der Waals surface area contributed by atoms with Crippen molar-refractivity contribution in [3.05, 3.63) is 99.7 Å². The highest BCUT2D eigenvalue weighted by Gasteiger charge is 2.25. The Kier molecular flexibility index (Phi) is 5.79. The highest BCUT2D eigenvalue weighted by molar-refractivity contribution is 7.15. The second-order valence-corrected chi connectivity index (χ2v) is 9.66. The Labute approximate surface area is 210 Å². The van der Waals surface area contributed by atoms with Gasteiger partial charge in [-0.1, -0.05) is 18.2 Å². The Morgan fingerprint density at radius 3 is 2.56 bits per heavy atom. The average Bonchev–Trinajstić information content (AvgIpc) is 3.38. The summed E-state index contributed by atoms with van der Waals surface area (Å²) in [5, 5.41) is 2.65. The van der Waals surface area contributed by atoms with Crippen molar-refractivity contribution in [1.82, 2.24) is 24.2 Å². The molecule has 5 aromatic rings. The van der Waals surface area contributed by atoms with Crippen LogP contribution in [0.3, 0.4) is 0 Å². The average molecular weight is 500 g/mol. The molecule has 3 aromatic heterocycles. The van der Waals surface area contributed by atoms with E-state index in [4.69, 9.17) is 4.98 Å². The van der Waals surface area contributed by atoms with Gasteiger partial charge in [-0.25, -0.2) is 14.4 Å². The van der Waals surface area contributed by atoms with Gasteiger partial charge in [-0.15, -0.1) is 11.3 Å². The van der Waals surface area contributed by atoms with E-state index >= 15 is 0 Å². The summed E-state index contributed by atoms with van der Waals surface area (Å²) in [4.78, 5) is 40.0. The standard InChI is InChI=1S/C27H22FN5O2S/c28-19-7-5-18(6-8-19)24-16-22(21-3-1-2-4-23(21)30-24)26(35)32-11-9-31(10-12-32)17-20-15-25(34)33-13-14-36-27(33)29-20/h1-8,13-16H,9-12,17H2. The third kappa shape index (κ3) is 4.27. The molecule has 2 aromatic carbocycles. The number of carbonyl (C=O) groups excluding carboxylic acids is 1. The smallest absolute Gasteiger partial charge is 0.258 e. The molecule has 180 valence electrons. The van der Waals surface area contributed by atoms with Gasteiger partial charge >= 0.3 is 0 Å². The second-order valence-electron chi connectivity index (χ2n) is 8.79. The summed E-state index contributed by atoms with van der Waals surface area (Å²) in [6, 6.07) is 17.1. The van der Waals surface area contributed by atoms with Crippen LogP contribution in [-0.2, 0) is 6.54 Å². The lowest BCUT2D eigenvalue weighted by Gasteiger charge is -2.34. The number of carbonyl (C=O) groups is 1. The number of para-hydroxylation sites is 1. The molecule has 0 aliphatic carbocycles. The molecule has 0 bridgehead atoms. The first-order valence-electron chi connectivity index (χ1n) is 11.7. The minimum atomic E-state index is -0.315. The number of pyridine rings is 1. The highest BCUT2D eigenvalue weighted by Crippen LogP contribution is 2.26. The van der Waals surface area contributed by atoms with Crippen LogP contribution in [0.4, 0.5) is 4.39 Å². The summed E-state index contributed by atoms with van der Waals surface area (Å²) in [5.41, 5.74) is 3.37. The maximum atomic E-state index is 13.6. The Morgan fingerprint density at radius 2 is 1.75 bits per heavy atom. The van der Waals surface area contributed by atoms with Gasteiger partial charge in [0.2, 0.25) is 0 Å². The van der Waals surface area contributed by atoms with Crippen molar-refractivity contribution >= 4 is 33.1 Å². The summed E-state index contributed by atoms with van der Waals surface area (Å²) in [6.45, 7) is 3.08. The fourth-order valence-corrected chi connectivity index (χ4v) is 5.34. The Bertz CT molecular complexity index is 1640. The van der Waals surface area contributed by atoms with Crippen LogP contribution >= 0.6 is 11.3 Å². The molecule has 1 aliphatic rings. The molecule has 6 rings (SSSR count). The van der Waals surface area contributed by atoms with Crippen molar-refractivity contribution in [2.24, 2.45) is 0 Å². The van der Waals surface area contributed by atoms with Crippen molar-refractivity contribution in [1.29, 1.82) is 0 Å². The normalized spacial score (nSPS) is 14.5. The van der Waals surface area contributed by atoms with Crippen LogP contribution in [0.2, 0.25) is 0 Å². The summed E-state index contributed by atoms with van der Waals surface area (Å²) in [6.07, 6.45) is 1.73. The molecule has 0 N–H and O–H groups in total. The van der Waals surface area contributed by atoms with Gasteiger partial charge in [0, 0.05) is 61.3 Å². The molecule has 0 radical (unpaired) electrons. The molecule has 0 saturated carbocycles. The van der Waals surface area contributed by atoms with Crippen LogP contribution < -0.4 is 5.56 Å². The van der Waals surface area contributed by atoms with Crippen molar-refractivity contribution in [2.45, 2.75) is 6.54 Å². The zero-order valence-electron chi connectivity index (χ0n) is 19.3. The molecule has 4 heterocycles. The van der Waals surface area contributed by atoms with Crippen molar-refractivity contribution in [3.8, 4) is 11.3 Å². The zero-order chi connectivity index (χ0) is 24.6. The van der Waals surface area contributed by atoms with E-state index in [0.29, 0.717) is 48.9 Å². The molecule has 0 spiro atoms. The van der Waals surface area contributed by atoms with Crippen molar-refractivity contribution < 1.29 is 9.18 Å². The molecule has 1 amide bonds. The van der Waals surface area contributed by atoms with E-state index < -0.39 is 0 Å². The van der Waals surface area contributed by atoms with Gasteiger partial charge in [0.05, 0.1) is 22.5 Å². The third-order valence-electron chi connectivity index (χ3n) is 6.49. The van der Waals surface area contributed by atoms with E-state index in [1.807, 2.05) is 34.5 Å². The highest BCUT2D eigenvalue weighted by atomic mass is 32.1. The van der Waals surface area contributed by atoms with Crippen LogP contribution in [-0.4, -0.2) is 56.3 Å². The first-order chi connectivity index (χ1) is 17.5. The fourth-order valence-electron chi connectivity index (χ4n) is 4.60. The number of hydrogen-bond acceptors (Lipinski definition) is 6. The maximum absolute atomic E-state index is 13.6. The van der Waals surface area contributed by atoms with E-state index in [1.165, 1.54) is 23.5 Å². The monoisotopic (exact) mass is 499 g/mol. The molecule has 1 fully saturated rings. The second kappa shape index (κ2) is 9.25. The Balaban J connectivity index is 1.22. The molecule has 0 atom stereocenters. The summed E-state index contributed by atoms with van der Waals surface area (Å²) < 4.78 is 15.0. The van der Waals surface area contributed by atoms with Crippen LogP contribution in [0, 0.1) is 5.82 Å². The molecular weight excluding hydrogens is 477 g/mol. The third-order valence-corrected chi connectivity index (χ3v) is 7.24. The largest absolute Gasteiger partial charge is 0.336 e. The van der Waals surface area contributed by atoms with Crippen LogP contribution in [0.1, 0.15) is 16.1 Å². The Hall–Kier alpha value is -3.95. The maximum Gasteiger partial charge on any atom is 0.258 e. The lowest BCUT2D eigenvalue weighted by molar-refractivity contribution is 0.0629. The van der Waals surface area contributed by atoms with Gasteiger partial charge in [0.1, 0.15) is 5.82 Å². The van der Waals surface area contributed by atoms with Gasteiger partial charge < -0.3 is 4.90 Å². The minimum absolute atomic E-state index is 0.0482. The number of benzene rings is 2. The molecule has 9 heteroatoms. The SMILES string of the molecule is O=C(c1cc(-c2ccc(F)cc2)nc2ccccc12)N1CCN(Cc2cc(=O)n3ccsc3n2)CC1. The number of nitrogens with zero attached hydrogens (tertiary/aromatic N) is 5. The lowest BCUT2D eigenvalue weighted by atomic mass is 10.0. The van der Waals surface area contributed by atoms with Gasteiger partial charge in [-0.05, 0) is 36.4 Å². The van der Waals surface area contributed by atoms with E-state index in [0.717, 1.165) is 22.2 Å². The predicted octanol–water partition coefficient (Wildman–Crippen LogP) is 4.07. The topological polar surface area (TPSA) is 70.8 Å². The van der Waals surface area contributed by atoms with Crippen LogP contribution in [0.25, 0.3) is 27.1 Å². The lowest BCUT2D eigenvalue weighted by Crippen LogP contribution is -2.48. The first-order valence-corrected chi connectivity index (χ1v) is 12.6. The number of halogens is 1. The summed E-state index contributed by atoms with van der Waals surface area (Å²) >= 11 is 1.44. The van der Waals surface area contributed by atoms with E-state index in [1.54, 1.807) is 34.9 Å². The number of aromatic nitrogens is 3. The quantitative estimate of drug-likeness (QED) is 0.373. The van der Waals surface area contributed by atoms with E-state index in [-0.39, 0.29) is 17.3 Å². The van der Waals surface area contributed by atoms with Crippen LogP contribution in [0.5, 0.6) is 0 Å². The molecule has 1 saturated heterocycles. The summed E-state index contributed by atoms with van der Waals surface area (Å²) in [5.74, 6) is -0.363. The number of amides is 1. The van der Waals surface area contributed by atoms with Gasteiger partial charge in [0.15, 0.2) is 4.96 Å². The van der Waals surface area contributed by atoms with E-state index in [2.05, 4.69) is 9.88 Å². The number of piperazine rings is 1. The molecular formula is C27H22FN5O2S. The molecule has 36 heavy (non-hydrogen) atoms. The molecule has 7 nitrogen and oxygen atoms in total. The first kappa shape index (κ1) is 22.5. The van der Waals surface area contributed by atoms with Gasteiger partial charge in [-0.3, -0.25) is 18.9 Å². The van der Waals surface area contributed by atoms with Crippen molar-refractivity contribution in [2.75, 3.05) is 26.2 Å². The number of fused-ring (bicyclic) bond motifs is 2. The van der Waals surface area contributed by atoms with Crippen LogP contribution in [0.15, 0.2) is 77.0 Å². The number of thiazole rings is 1. The fraction of sp³-hybridized carbons (Fsp3) is 0.185.